The van der Waals surface area contributed by atoms with Crippen LogP contribution < -0.4 is 15.8 Å². The number of hydrogen-bond acceptors (Lipinski definition) is 3. The normalized spacial score (nSPS) is 11.8. The second-order valence-corrected chi connectivity index (χ2v) is 5.45. The van der Waals surface area contributed by atoms with Crippen LogP contribution in [0.4, 0.5) is 14.5 Å². The van der Waals surface area contributed by atoms with Crippen LogP contribution in [0.5, 0.6) is 5.75 Å². The van der Waals surface area contributed by atoms with Gasteiger partial charge in [0.2, 0.25) is 5.91 Å². The lowest BCUT2D eigenvalue weighted by Gasteiger charge is -2.12. The van der Waals surface area contributed by atoms with E-state index in [0.717, 1.165) is 12.5 Å². The maximum Gasteiger partial charge on any atom is 0.241 e. The summed E-state index contributed by atoms with van der Waals surface area (Å²) in [4.78, 5) is 11.8. The molecule has 128 valence electrons. The average molecular weight is 334 g/mol. The minimum Gasteiger partial charge on any atom is -0.486 e. The maximum atomic E-state index is 14.1. The summed E-state index contributed by atoms with van der Waals surface area (Å²) in [6, 6.07) is 9.37. The van der Waals surface area contributed by atoms with E-state index in [4.69, 9.17) is 10.5 Å². The number of carbonyl (C=O) groups excluding carboxylic acids is 1. The predicted molar refractivity (Wildman–Crippen MR) is 88.6 cm³/mol. The number of amides is 1. The monoisotopic (exact) mass is 334 g/mol. The first-order valence-electron chi connectivity index (χ1n) is 7.73. The molecule has 1 unspecified atom stereocenters. The lowest BCUT2D eigenvalue weighted by atomic mass is 10.1. The summed E-state index contributed by atoms with van der Waals surface area (Å²) >= 11 is 0. The molecule has 0 heterocycles. The van der Waals surface area contributed by atoms with Gasteiger partial charge >= 0.3 is 0 Å². The molecule has 0 aliphatic carbocycles. The highest BCUT2D eigenvalue weighted by Gasteiger charge is 2.13. The molecule has 0 saturated carbocycles. The minimum absolute atomic E-state index is 0.0233. The molecule has 0 radical (unpaired) electrons. The van der Waals surface area contributed by atoms with Crippen molar-refractivity contribution >= 4 is 11.6 Å². The zero-order valence-corrected chi connectivity index (χ0v) is 13.4. The highest BCUT2D eigenvalue weighted by Crippen LogP contribution is 2.22. The second kappa shape index (κ2) is 8.40. The molecule has 3 N–H and O–H groups in total. The lowest BCUT2D eigenvalue weighted by molar-refractivity contribution is -0.117. The first kappa shape index (κ1) is 17.9. The average Bonchev–Trinajstić information content (AvgIpc) is 2.54. The van der Waals surface area contributed by atoms with Crippen LogP contribution in [0.2, 0.25) is 0 Å². The largest absolute Gasteiger partial charge is 0.486 e. The Bertz CT molecular complexity index is 707. The van der Waals surface area contributed by atoms with Gasteiger partial charge in [-0.25, -0.2) is 8.78 Å². The topological polar surface area (TPSA) is 64.4 Å². The van der Waals surface area contributed by atoms with Gasteiger partial charge in [-0.05, 0) is 36.2 Å². The van der Waals surface area contributed by atoms with Gasteiger partial charge in [-0.3, -0.25) is 4.79 Å². The number of nitrogens with one attached hydrogen (secondary N) is 1. The summed E-state index contributed by atoms with van der Waals surface area (Å²) < 4.78 is 32.5. The number of benzene rings is 2. The number of anilines is 1. The van der Waals surface area contributed by atoms with Gasteiger partial charge in [-0.15, -0.1) is 0 Å². The van der Waals surface area contributed by atoms with Gasteiger partial charge in [0.1, 0.15) is 12.4 Å². The third kappa shape index (κ3) is 5.03. The third-order valence-electron chi connectivity index (χ3n) is 3.42. The standard InChI is InChI=1S/C18H20F2N2O2/c1-2-4-16(21)18(23)22-14-7-8-17(15(20)10-14)24-11-12-5-3-6-13(19)9-12/h3,5-10,16H,2,4,11,21H2,1H3,(H,22,23). The zero-order valence-electron chi connectivity index (χ0n) is 13.4. The number of carbonyl (C=O) groups is 1. The molecule has 2 aromatic carbocycles. The van der Waals surface area contributed by atoms with Crippen molar-refractivity contribution in [3.05, 3.63) is 59.7 Å². The van der Waals surface area contributed by atoms with Crippen LogP contribution in [-0.4, -0.2) is 11.9 Å². The molecule has 1 amide bonds. The van der Waals surface area contributed by atoms with Crippen LogP contribution in [0.25, 0.3) is 0 Å². The molecule has 0 saturated heterocycles. The first-order chi connectivity index (χ1) is 11.5. The Morgan fingerprint density at radius 3 is 2.71 bits per heavy atom. The summed E-state index contributed by atoms with van der Waals surface area (Å²) in [5.41, 5.74) is 6.61. The molecule has 24 heavy (non-hydrogen) atoms. The molecule has 1 atom stereocenters. The SMILES string of the molecule is CCCC(N)C(=O)Nc1ccc(OCc2cccc(F)c2)c(F)c1. The van der Waals surface area contributed by atoms with Crippen LogP contribution in [0, 0.1) is 11.6 Å². The van der Waals surface area contributed by atoms with Crippen molar-refractivity contribution in [2.45, 2.75) is 32.4 Å². The van der Waals surface area contributed by atoms with Crippen LogP contribution in [0.15, 0.2) is 42.5 Å². The number of nitrogens with two attached hydrogens (primary N) is 1. The minimum atomic E-state index is -0.623. The Morgan fingerprint density at radius 2 is 2.04 bits per heavy atom. The smallest absolute Gasteiger partial charge is 0.241 e. The Labute approximate surface area is 139 Å². The fraction of sp³-hybridized carbons (Fsp3) is 0.278. The van der Waals surface area contributed by atoms with Crippen molar-refractivity contribution < 1.29 is 18.3 Å². The second-order valence-electron chi connectivity index (χ2n) is 5.45. The van der Waals surface area contributed by atoms with Gasteiger partial charge in [0.05, 0.1) is 6.04 Å². The third-order valence-corrected chi connectivity index (χ3v) is 3.42. The Morgan fingerprint density at radius 1 is 1.25 bits per heavy atom. The van der Waals surface area contributed by atoms with Gasteiger partial charge in [0.15, 0.2) is 11.6 Å². The molecule has 0 bridgehead atoms. The highest BCUT2D eigenvalue weighted by molar-refractivity contribution is 5.94. The van der Waals surface area contributed by atoms with Crippen molar-refractivity contribution in [1.29, 1.82) is 0 Å². The molecular weight excluding hydrogens is 314 g/mol. The van der Waals surface area contributed by atoms with E-state index >= 15 is 0 Å². The molecule has 0 aliphatic rings. The van der Waals surface area contributed by atoms with Gasteiger partial charge in [-0.2, -0.15) is 0 Å². The fourth-order valence-corrected chi connectivity index (χ4v) is 2.16. The number of rotatable bonds is 7. The van der Waals surface area contributed by atoms with E-state index in [1.165, 1.54) is 24.3 Å². The van der Waals surface area contributed by atoms with Crippen LogP contribution >= 0.6 is 0 Å². The van der Waals surface area contributed by atoms with Gasteiger partial charge in [-0.1, -0.05) is 25.5 Å². The van der Waals surface area contributed by atoms with Crippen molar-refractivity contribution in [2.24, 2.45) is 5.73 Å². The Hall–Kier alpha value is -2.47. The molecule has 4 nitrogen and oxygen atoms in total. The van der Waals surface area contributed by atoms with E-state index in [1.54, 1.807) is 12.1 Å². The highest BCUT2D eigenvalue weighted by atomic mass is 19.1. The number of hydrogen-bond donors (Lipinski definition) is 2. The molecule has 2 aromatic rings. The molecule has 0 aliphatic heterocycles. The van der Waals surface area contributed by atoms with E-state index in [9.17, 15) is 13.6 Å². The number of ether oxygens (including phenoxy) is 1. The van der Waals surface area contributed by atoms with E-state index in [1.807, 2.05) is 6.92 Å². The van der Waals surface area contributed by atoms with Crippen molar-refractivity contribution in [1.82, 2.24) is 0 Å². The quantitative estimate of drug-likeness (QED) is 0.813. The van der Waals surface area contributed by atoms with Gasteiger partial charge in [0, 0.05) is 11.8 Å². The van der Waals surface area contributed by atoms with E-state index in [2.05, 4.69) is 5.32 Å². The Balaban J connectivity index is 1.98. The molecule has 0 spiro atoms. The van der Waals surface area contributed by atoms with Gasteiger partial charge in [0.25, 0.3) is 0 Å². The summed E-state index contributed by atoms with van der Waals surface area (Å²) in [5.74, 6) is -1.33. The fourth-order valence-electron chi connectivity index (χ4n) is 2.16. The maximum absolute atomic E-state index is 14.1. The lowest BCUT2D eigenvalue weighted by Crippen LogP contribution is -2.35. The van der Waals surface area contributed by atoms with Crippen molar-refractivity contribution in [2.75, 3.05) is 5.32 Å². The summed E-state index contributed by atoms with van der Waals surface area (Å²) in [7, 11) is 0. The molecule has 0 aromatic heterocycles. The summed E-state index contributed by atoms with van der Waals surface area (Å²) in [6.07, 6.45) is 1.35. The van der Waals surface area contributed by atoms with Crippen molar-refractivity contribution in [3.8, 4) is 5.75 Å². The van der Waals surface area contributed by atoms with E-state index < -0.39 is 11.9 Å². The summed E-state index contributed by atoms with van der Waals surface area (Å²) in [5, 5.41) is 2.57. The van der Waals surface area contributed by atoms with Crippen molar-refractivity contribution in [3.63, 3.8) is 0 Å². The summed E-state index contributed by atoms with van der Waals surface area (Å²) in [6.45, 7) is 1.97. The van der Waals surface area contributed by atoms with E-state index in [-0.39, 0.29) is 24.1 Å². The molecule has 6 heteroatoms. The van der Waals surface area contributed by atoms with Crippen LogP contribution in [0.1, 0.15) is 25.3 Å². The molecule has 0 fully saturated rings. The van der Waals surface area contributed by atoms with Crippen LogP contribution in [0.3, 0.4) is 0 Å². The van der Waals surface area contributed by atoms with E-state index in [0.29, 0.717) is 17.7 Å². The first-order valence-corrected chi connectivity index (χ1v) is 7.73. The Kier molecular flexibility index (Phi) is 6.26. The zero-order chi connectivity index (χ0) is 17.5. The molecular formula is C18H20F2N2O2. The predicted octanol–water partition coefficient (Wildman–Crippen LogP) is 3.61. The van der Waals surface area contributed by atoms with Crippen LogP contribution in [-0.2, 0) is 11.4 Å². The number of halogens is 2. The van der Waals surface area contributed by atoms with Gasteiger partial charge < -0.3 is 15.8 Å². The molecule has 2 rings (SSSR count).